The molecule has 0 radical (unpaired) electrons. The average molecular weight is 282 g/mol. The molecule has 114 valence electrons. The molecule has 0 aliphatic heterocycles. The van der Waals surface area contributed by atoms with Crippen molar-refractivity contribution in [1.29, 1.82) is 0 Å². The summed E-state index contributed by atoms with van der Waals surface area (Å²) in [4.78, 5) is 26.4. The third kappa shape index (κ3) is 4.96. The SMILES string of the molecule is C/C(=C/CN(C)C)C1CC1N(C=O)C(=O)OC(C)(C)C. The zero-order valence-corrected chi connectivity index (χ0v) is 13.3. The molecule has 0 N–H and O–H groups in total. The molecule has 0 spiro atoms. The number of carbonyl (C=O) groups is 2. The lowest BCUT2D eigenvalue weighted by molar-refractivity contribution is -0.118. The minimum absolute atomic E-state index is 0.0548. The molecule has 2 atom stereocenters. The molecule has 5 heteroatoms. The van der Waals surface area contributed by atoms with Crippen molar-refractivity contribution in [2.75, 3.05) is 20.6 Å². The molecule has 5 nitrogen and oxygen atoms in total. The van der Waals surface area contributed by atoms with Crippen LogP contribution in [0.2, 0.25) is 0 Å². The van der Waals surface area contributed by atoms with E-state index in [1.807, 2.05) is 21.0 Å². The molecule has 1 aliphatic carbocycles. The number of carbonyl (C=O) groups excluding carboxylic acids is 2. The van der Waals surface area contributed by atoms with Crippen molar-refractivity contribution in [2.24, 2.45) is 5.92 Å². The Morgan fingerprint density at radius 2 is 1.95 bits per heavy atom. The number of nitrogens with zero attached hydrogens (tertiary/aromatic N) is 2. The van der Waals surface area contributed by atoms with Gasteiger partial charge in [-0.05, 0) is 48.2 Å². The number of hydrogen-bond donors (Lipinski definition) is 0. The molecule has 1 rings (SSSR count). The lowest BCUT2D eigenvalue weighted by Crippen LogP contribution is -2.38. The van der Waals surface area contributed by atoms with Crippen LogP contribution in [0.3, 0.4) is 0 Å². The molecule has 0 aromatic carbocycles. The van der Waals surface area contributed by atoms with E-state index in [1.165, 1.54) is 10.5 Å². The van der Waals surface area contributed by atoms with Crippen LogP contribution in [0, 0.1) is 5.92 Å². The van der Waals surface area contributed by atoms with E-state index in [-0.39, 0.29) is 12.0 Å². The van der Waals surface area contributed by atoms with Crippen molar-refractivity contribution in [3.05, 3.63) is 11.6 Å². The minimum Gasteiger partial charge on any atom is -0.443 e. The lowest BCUT2D eigenvalue weighted by atomic mass is 10.1. The first-order chi connectivity index (χ1) is 9.15. The first kappa shape index (κ1) is 16.7. The fourth-order valence-electron chi connectivity index (χ4n) is 2.03. The number of amides is 2. The minimum atomic E-state index is -0.585. The number of rotatable bonds is 5. The van der Waals surface area contributed by atoms with Gasteiger partial charge in [-0.25, -0.2) is 9.69 Å². The van der Waals surface area contributed by atoms with Gasteiger partial charge in [-0.3, -0.25) is 4.79 Å². The molecule has 0 heterocycles. The van der Waals surface area contributed by atoms with Crippen molar-refractivity contribution in [1.82, 2.24) is 9.80 Å². The topological polar surface area (TPSA) is 49.9 Å². The monoisotopic (exact) mass is 282 g/mol. The molecular formula is C15H26N2O3. The smallest absolute Gasteiger partial charge is 0.417 e. The third-order valence-corrected chi connectivity index (χ3v) is 3.20. The summed E-state index contributed by atoms with van der Waals surface area (Å²) in [5.41, 5.74) is 0.637. The van der Waals surface area contributed by atoms with E-state index >= 15 is 0 Å². The Balaban J connectivity index is 2.60. The number of hydrogen-bond acceptors (Lipinski definition) is 4. The predicted octanol–water partition coefficient (Wildman–Crippen LogP) is 2.28. The van der Waals surface area contributed by atoms with E-state index in [0.717, 1.165) is 13.0 Å². The van der Waals surface area contributed by atoms with E-state index in [4.69, 9.17) is 4.74 Å². The van der Waals surface area contributed by atoms with Crippen molar-refractivity contribution >= 4 is 12.5 Å². The van der Waals surface area contributed by atoms with Gasteiger partial charge in [0.2, 0.25) is 6.41 Å². The van der Waals surface area contributed by atoms with Crippen LogP contribution in [0.15, 0.2) is 11.6 Å². The van der Waals surface area contributed by atoms with Gasteiger partial charge in [-0.15, -0.1) is 0 Å². The summed E-state index contributed by atoms with van der Waals surface area (Å²) in [7, 11) is 4.01. The van der Waals surface area contributed by atoms with Crippen LogP contribution in [-0.2, 0) is 9.53 Å². The number of likely N-dealkylation sites (N-methyl/N-ethyl adjacent to an activating group) is 1. The normalized spacial score (nSPS) is 22.6. The molecule has 0 aromatic heterocycles. The van der Waals surface area contributed by atoms with Gasteiger partial charge in [0.25, 0.3) is 0 Å². The summed E-state index contributed by atoms with van der Waals surface area (Å²) >= 11 is 0. The Labute approximate surface area is 121 Å². The first-order valence-electron chi connectivity index (χ1n) is 6.93. The Morgan fingerprint density at radius 3 is 2.40 bits per heavy atom. The van der Waals surface area contributed by atoms with Gasteiger partial charge in [0, 0.05) is 12.5 Å². The van der Waals surface area contributed by atoms with Gasteiger partial charge in [0.1, 0.15) is 5.60 Å². The predicted molar refractivity (Wildman–Crippen MR) is 78.3 cm³/mol. The van der Waals surface area contributed by atoms with Crippen LogP contribution in [0.5, 0.6) is 0 Å². The standard InChI is InChI=1S/C15H26N2O3/c1-11(7-8-16(5)6)12-9-13(12)17(10-18)14(19)20-15(2,3)4/h7,10,12-13H,8-9H2,1-6H3/b11-7-. The Morgan fingerprint density at radius 1 is 1.35 bits per heavy atom. The largest absolute Gasteiger partial charge is 0.443 e. The zero-order valence-electron chi connectivity index (χ0n) is 13.3. The molecule has 2 unspecified atom stereocenters. The molecule has 2 amide bonds. The van der Waals surface area contributed by atoms with Gasteiger partial charge in [0.05, 0.1) is 6.04 Å². The highest BCUT2D eigenvalue weighted by atomic mass is 16.6. The van der Waals surface area contributed by atoms with E-state index in [1.54, 1.807) is 20.8 Å². The summed E-state index contributed by atoms with van der Waals surface area (Å²) in [6.45, 7) is 8.29. The Kier molecular flexibility index (Phi) is 5.34. The van der Waals surface area contributed by atoms with Crippen LogP contribution in [0.1, 0.15) is 34.1 Å². The molecule has 0 saturated heterocycles. The van der Waals surface area contributed by atoms with Crippen molar-refractivity contribution in [3.63, 3.8) is 0 Å². The maximum absolute atomic E-state index is 12.0. The van der Waals surface area contributed by atoms with E-state index in [2.05, 4.69) is 11.0 Å². The molecular weight excluding hydrogens is 256 g/mol. The summed E-state index contributed by atoms with van der Waals surface area (Å²) in [6, 6.07) is -0.0548. The van der Waals surface area contributed by atoms with Gasteiger partial charge in [-0.2, -0.15) is 0 Å². The fourth-order valence-corrected chi connectivity index (χ4v) is 2.03. The fraction of sp³-hybridized carbons (Fsp3) is 0.733. The van der Waals surface area contributed by atoms with Crippen molar-refractivity contribution in [3.8, 4) is 0 Å². The van der Waals surface area contributed by atoms with Crippen LogP contribution >= 0.6 is 0 Å². The summed E-state index contributed by atoms with van der Waals surface area (Å²) in [5.74, 6) is 0.271. The highest BCUT2D eigenvalue weighted by molar-refractivity contribution is 5.81. The van der Waals surface area contributed by atoms with E-state index in [0.29, 0.717) is 6.41 Å². The third-order valence-electron chi connectivity index (χ3n) is 3.20. The van der Waals surface area contributed by atoms with Crippen molar-refractivity contribution in [2.45, 2.75) is 45.8 Å². The highest BCUT2D eigenvalue weighted by Crippen LogP contribution is 2.41. The van der Waals surface area contributed by atoms with Gasteiger partial charge < -0.3 is 9.64 Å². The van der Waals surface area contributed by atoms with E-state index in [9.17, 15) is 9.59 Å². The Hall–Kier alpha value is -1.36. The van der Waals surface area contributed by atoms with Crippen LogP contribution in [0.4, 0.5) is 4.79 Å². The lowest BCUT2D eigenvalue weighted by Gasteiger charge is -2.24. The summed E-state index contributed by atoms with van der Waals surface area (Å²) < 4.78 is 5.25. The first-order valence-corrected chi connectivity index (χ1v) is 6.93. The zero-order chi connectivity index (χ0) is 15.5. The maximum Gasteiger partial charge on any atom is 0.417 e. The van der Waals surface area contributed by atoms with Crippen LogP contribution in [-0.4, -0.2) is 54.6 Å². The van der Waals surface area contributed by atoms with Gasteiger partial charge in [-0.1, -0.05) is 11.6 Å². The highest BCUT2D eigenvalue weighted by Gasteiger charge is 2.46. The number of imide groups is 1. The van der Waals surface area contributed by atoms with Crippen LogP contribution < -0.4 is 0 Å². The molecule has 1 fully saturated rings. The quantitative estimate of drug-likeness (QED) is 0.573. The van der Waals surface area contributed by atoms with E-state index < -0.39 is 11.7 Å². The number of ether oxygens (including phenoxy) is 1. The molecule has 0 bridgehead atoms. The maximum atomic E-state index is 12.0. The second kappa shape index (κ2) is 6.39. The van der Waals surface area contributed by atoms with Gasteiger partial charge in [0.15, 0.2) is 0 Å². The summed E-state index contributed by atoms with van der Waals surface area (Å²) in [5, 5.41) is 0. The Bertz CT molecular complexity index is 396. The second-order valence-corrected chi connectivity index (χ2v) is 6.61. The molecule has 1 aliphatic rings. The van der Waals surface area contributed by atoms with Crippen LogP contribution in [0.25, 0.3) is 0 Å². The molecule has 0 aromatic rings. The molecule has 20 heavy (non-hydrogen) atoms. The summed E-state index contributed by atoms with van der Waals surface area (Å²) in [6.07, 6.45) is 2.99. The second-order valence-electron chi connectivity index (χ2n) is 6.61. The van der Waals surface area contributed by atoms with Crippen molar-refractivity contribution < 1.29 is 14.3 Å². The average Bonchev–Trinajstić information content (AvgIpc) is 3.04. The van der Waals surface area contributed by atoms with Gasteiger partial charge >= 0.3 is 6.09 Å². The molecule has 1 saturated carbocycles.